The van der Waals surface area contributed by atoms with Gasteiger partial charge in [-0.3, -0.25) is 19.3 Å². The van der Waals surface area contributed by atoms with Crippen LogP contribution in [0.2, 0.25) is 5.02 Å². The summed E-state index contributed by atoms with van der Waals surface area (Å²) < 4.78 is 5.60. The number of ether oxygens (including phenoxy) is 1. The number of carbonyl (C=O) groups is 2. The van der Waals surface area contributed by atoms with Crippen LogP contribution in [-0.2, 0) is 0 Å². The Morgan fingerprint density at radius 2 is 1.86 bits per heavy atom. The zero-order chi connectivity index (χ0) is 30.2. The number of nitrogens with zero attached hydrogens (tertiary/aromatic N) is 3. The molecule has 4 aromatic rings. The third kappa shape index (κ3) is 6.18. The first-order valence-electron chi connectivity index (χ1n) is 13.5. The Bertz CT molecular complexity index is 1660. The molecule has 5 rings (SSSR count). The van der Waals surface area contributed by atoms with Gasteiger partial charge in [-0.05, 0) is 55.9 Å². The summed E-state index contributed by atoms with van der Waals surface area (Å²) in [6, 6.07) is 11.7. The zero-order valence-electron chi connectivity index (χ0n) is 23.8. The fraction of sp³-hybridized carbons (Fsp3) is 0.333. The number of anilines is 1. The van der Waals surface area contributed by atoms with Crippen LogP contribution in [0.1, 0.15) is 34.6 Å². The van der Waals surface area contributed by atoms with Crippen molar-refractivity contribution in [2.45, 2.75) is 20.0 Å². The third-order valence-corrected chi connectivity index (χ3v) is 7.10. The number of aliphatic hydroxyl groups is 1. The number of imidazole rings is 1. The highest BCUT2D eigenvalue weighted by Gasteiger charge is 2.39. The lowest BCUT2D eigenvalue weighted by molar-refractivity contribution is 0.0570. The number of halogens is 1. The molecule has 1 unspecified atom stereocenters. The molecule has 1 aliphatic rings. The Morgan fingerprint density at radius 1 is 1.12 bits per heavy atom. The summed E-state index contributed by atoms with van der Waals surface area (Å²) in [6.07, 6.45) is 0.599. The molecule has 0 spiro atoms. The second-order valence-corrected chi connectivity index (χ2v) is 11.9. The summed E-state index contributed by atoms with van der Waals surface area (Å²) in [5.74, 6) is 0.0763. The summed E-state index contributed by atoms with van der Waals surface area (Å²) in [5, 5.41) is 14.1. The first-order chi connectivity index (χ1) is 19.9. The van der Waals surface area contributed by atoms with Crippen molar-refractivity contribution in [3.05, 3.63) is 75.2 Å². The van der Waals surface area contributed by atoms with Crippen molar-refractivity contribution in [2.75, 3.05) is 45.7 Å². The SMILES string of the molecule is CN(C)CC(C)(C)CN1C(=O)c2cc3nc(-c4c(NCC(O)COc5cccc(Cl)c5)cc[nH]c4=O)[nH]c3cc2C1=O. The van der Waals surface area contributed by atoms with Gasteiger partial charge in [-0.25, -0.2) is 4.98 Å². The maximum Gasteiger partial charge on any atom is 0.261 e. The summed E-state index contributed by atoms with van der Waals surface area (Å²) >= 11 is 5.98. The molecule has 1 atom stereocenters. The first kappa shape index (κ1) is 29.3. The molecule has 2 aromatic heterocycles. The Hall–Kier alpha value is -4.19. The third-order valence-electron chi connectivity index (χ3n) is 6.87. The highest BCUT2D eigenvalue weighted by molar-refractivity contribution is 6.30. The Morgan fingerprint density at radius 3 is 2.57 bits per heavy atom. The molecule has 2 aromatic carbocycles. The largest absolute Gasteiger partial charge is 0.491 e. The van der Waals surface area contributed by atoms with E-state index in [4.69, 9.17) is 16.3 Å². The molecular formula is C30H33ClN6O5. The number of rotatable bonds is 11. The molecule has 3 heterocycles. The van der Waals surface area contributed by atoms with Crippen LogP contribution >= 0.6 is 11.6 Å². The van der Waals surface area contributed by atoms with Crippen molar-refractivity contribution < 1.29 is 19.4 Å². The van der Waals surface area contributed by atoms with Gasteiger partial charge in [-0.15, -0.1) is 0 Å². The summed E-state index contributed by atoms with van der Waals surface area (Å²) in [5.41, 5.74) is 1.51. The van der Waals surface area contributed by atoms with E-state index in [1.807, 2.05) is 32.8 Å². The Kier molecular flexibility index (Phi) is 8.09. The summed E-state index contributed by atoms with van der Waals surface area (Å²) in [6.45, 7) is 5.13. The van der Waals surface area contributed by atoms with Gasteiger partial charge in [0.15, 0.2) is 0 Å². The molecule has 0 bridgehead atoms. The maximum atomic E-state index is 13.3. The molecule has 4 N–H and O–H groups in total. The number of amides is 2. The maximum absolute atomic E-state index is 13.3. The van der Waals surface area contributed by atoms with Crippen LogP contribution in [0.5, 0.6) is 5.75 Å². The number of aliphatic hydroxyl groups excluding tert-OH is 1. The average Bonchev–Trinajstić information content (AvgIpc) is 3.42. The molecule has 1 aliphatic heterocycles. The predicted molar refractivity (Wildman–Crippen MR) is 161 cm³/mol. The topological polar surface area (TPSA) is 144 Å². The minimum atomic E-state index is -0.891. The number of hydrogen-bond acceptors (Lipinski definition) is 8. The number of nitrogens with one attached hydrogen (secondary N) is 3. The van der Waals surface area contributed by atoms with Gasteiger partial charge in [-0.2, -0.15) is 0 Å². The van der Waals surface area contributed by atoms with Crippen molar-refractivity contribution >= 4 is 40.1 Å². The van der Waals surface area contributed by atoms with E-state index in [0.29, 0.717) is 39.6 Å². The lowest BCUT2D eigenvalue weighted by Crippen LogP contribution is -2.42. The van der Waals surface area contributed by atoms with Gasteiger partial charge in [0, 0.05) is 30.9 Å². The predicted octanol–water partition coefficient (Wildman–Crippen LogP) is 3.61. The average molecular weight is 593 g/mol. The lowest BCUT2D eigenvalue weighted by Gasteiger charge is -2.31. The van der Waals surface area contributed by atoms with Crippen LogP contribution in [0.3, 0.4) is 0 Å². The van der Waals surface area contributed by atoms with Crippen molar-refractivity contribution in [1.29, 1.82) is 0 Å². The minimum Gasteiger partial charge on any atom is -0.491 e. The Labute approximate surface area is 247 Å². The zero-order valence-corrected chi connectivity index (χ0v) is 24.6. The van der Waals surface area contributed by atoms with Crippen molar-refractivity contribution in [1.82, 2.24) is 24.8 Å². The number of benzene rings is 2. The second-order valence-electron chi connectivity index (χ2n) is 11.5. The van der Waals surface area contributed by atoms with Gasteiger partial charge < -0.3 is 30.0 Å². The van der Waals surface area contributed by atoms with E-state index >= 15 is 0 Å². The number of carbonyl (C=O) groups excluding carboxylic acids is 2. The number of aromatic amines is 2. The standard InChI is InChI=1S/C30H33ClN6O5/c1-30(2,15-36(3)4)16-37-28(40)20-11-23-24(12-21(20)29(37)41)35-26(34-23)25-22(8-9-32-27(25)39)33-13-18(38)14-42-19-7-5-6-17(31)10-19/h5-12,18,38H,13-16H2,1-4H3,(H,34,35)(H2,32,33,39). The fourth-order valence-electron chi connectivity index (χ4n) is 5.29. The van der Waals surface area contributed by atoms with Gasteiger partial charge in [0.2, 0.25) is 0 Å². The first-order valence-corrected chi connectivity index (χ1v) is 13.9. The molecule has 0 saturated heterocycles. The number of hydrogen-bond donors (Lipinski definition) is 4. The van der Waals surface area contributed by atoms with Gasteiger partial charge >= 0.3 is 0 Å². The van der Waals surface area contributed by atoms with Crippen LogP contribution in [0.25, 0.3) is 22.4 Å². The van der Waals surface area contributed by atoms with Crippen LogP contribution < -0.4 is 15.6 Å². The van der Waals surface area contributed by atoms with E-state index in [0.717, 1.165) is 0 Å². The highest BCUT2D eigenvalue weighted by Crippen LogP contribution is 2.32. The van der Waals surface area contributed by atoms with Gasteiger partial charge in [0.1, 0.15) is 29.8 Å². The lowest BCUT2D eigenvalue weighted by atomic mass is 9.92. The monoisotopic (exact) mass is 592 g/mol. The van der Waals surface area contributed by atoms with Crippen LogP contribution in [-0.4, -0.2) is 88.1 Å². The second kappa shape index (κ2) is 11.6. The quantitative estimate of drug-likeness (QED) is 0.193. The molecular weight excluding hydrogens is 560 g/mol. The van der Waals surface area contributed by atoms with Crippen molar-refractivity contribution in [2.24, 2.45) is 5.41 Å². The summed E-state index contributed by atoms with van der Waals surface area (Å²) in [4.78, 5) is 53.1. The van der Waals surface area contributed by atoms with Crippen LogP contribution in [0.15, 0.2) is 53.5 Å². The fourth-order valence-corrected chi connectivity index (χ4v) is 5.47. The Balaban J connectivity index is 1.35. The normalized spacial score (nSPS) is 14.1. The number of H-pyrrole nitrogens is 2. The number of imide groups is 1. The van der Waals surface area contributed by atoms with Gasteiger partial charge in [-0.1, -0.05) is 31.5 Å². The highest BCUT2D eigenvalue weighted by atomic mass is 35.5. The van der Waals surface area contributed by atoms with E-state index < -0.39 is 11.7 Å². The van der Waals surface area contributed by atoms with Crippen LogP contribution in [0.4, 0.5) is 5.69 Å². The molecule has 0 fully saturated rings. The van der Waals surface area contributed by atoms with E-state index in [1.165, 1.54) is 11.1 Å². The number of aromatic nitrogens is 3. The molecule has 220 valence electrons. The minimum absolute atomic E-state index is 0.00740. The van der Waals surface area contributed by atoms with Crippen molar-refractivity contribution in [3.8, 4) is 17.1 Å². The van der Waals surface area contributed by atoms with E-state index in [-0.39, 0.29) is 53.9 Å². The van der Waals surface area contributed by atoms with Gasteiger partial charge in [0.25, 0.3) is 17.4 Å². The van der Waals surface area contributed by atoms with Gasteiger partial charge in [0.05, 0.1) is 27.8 Å². The molecule has 12 heteroatoms. The molecule has 0 saturated carbocycles. The number of fused-ring (bicyclic) bond motifs is 2. The number of pyridine rings is 1. The molecule has 0 radical (unpaired) electrons. The van der Waals surface area contributed by atoms with E-state index in [2.05, 4.69) is 20.3 Å². The molecule has 0 aliphatic carbocycles. The molecule has 2 amide bonds. The van der Waals surface area contributed by atoms with Crippen LogP contribution in [0, 0.1) is 5.41 Å². The van der Waals surface area contributed by atoms with Crippen molar-refractivity contribution in [3.63, 3.8) is 0 Å². The smallest absolute Gasteiger partial charge is 0.261 e. The van der Waals surface area contributed by atoms with E-state index in [1.54, 1.807) is 42.5 Å². The van der Waals surface area contributed by atoms with E-state index in [9.17, 15) is 19.5 Å². The summed E-state index contributed by atoms with van der Waals surface area (Å²) in [7, 11) is 3.90. The molecule has 42 heavy (non-hydrogen) atoms. The molecule has 11 nitrogen and oxygen atoms in total.